The lowest BCUT2D eigenvalue weighted by Crippen LogP contribution is -2.64. The molecule has 0 radical (unpaired) electrons. The van der Waals surface area contributed by atoms with Gasteiger partial charge in [-0.2, -0.15) is 24.3 Å². The van der Waals surface area contributed by atoms with E-state index in [0.717, 1.165) is 44.1 Å². The average Bonchev–Trinajstić information content (AvgIpc) is 3.12. The zero-order valence-corrected chi connectivity index (χ0v) is 16.4. The predicted molar refractivity (Wildman–Crippen MR) is 96.1 cm³/mol. The van der Waals surface area contributed by atoms with Crippen molar-refractivity contribution in [1.82, 2.24) is 20.2 Å². The van der Waals surface area contributed by atoms with Crippen LogP contribution in [0, 0.1) is 29.6 Å². The van der Waals surface area contributed by atoms with Crippen LogP contribution in [0.15, 0.2) is 0 Å². The van der Waals surface area contributed by atoms with Crippen LogP contribution in [0.4, 0.5) is 5.95 Å². The second kappa shape index (κ2) is 6.35. The van der Waals surface area contributed by atoms with E-state index >= 15 is 0 Å². The molecule has 1 saturated heterocycles. The van der Waals surface area contributed by atoms with Crippen molar-refractivity contribution in [2.24, 2.45) is 36.6 Å². The molecule has 6 aliphatic rings. The van der Waals surface area contributed by atoms with Crippen molar-refractivity contribution in [3.05, 3.63) is 0 Å². The molecule has 2 heterocycles. The summed E-state index contributed by atoms with van der Waals surface area (Å²) in [6.07, 6.45) is 9.65. The first-order valence-corrected chi connectivity index (χ1v) is 10.8. The minimum Gasteiger partial charge on any atom is -0.351 e. The summed E-state index contributed by atoms with van der Waals surface area (Å²) in [5.41, 5.74) is 0. The van der Waals surface area contributed by atoms with Crippen LogP contribution in [0.5, 0.6) is 0 Å². The molecule has 6 fully saturated rings. The summed E-state index contributed by atoms with van der Waals surface area (Å²) >= 11 is 0. The third-order valence-electron chi connectivity index (χ3n) is 7.85. The van der Waals surface area contributed by atoms with Crippen LogP contribution in [-0.2, 0) is 26.6 Å². The molecule has 28 heavy (non-hydrogen) atoms. The highest BCUT2D eigenvalue weighted by atomic mass is 17.4. The van der Waals surface area contributed by atoms with Gasteiger partial charge in [0, 0.05) is 31.2 Å². The van der Waals surface area contributed by atoms with Crippen molar-refractivity contribution in [3.63, 3.8) is 0 Å². The Morgan fingerprint density at radius 1 is 0.964 bits per heavy atom. The number of nitrogens with one attached hydrogen (secondary N) is 1. The Bertz CT molecular complexity index is 692. The van der Waals surface area contributed by atoms with Crippen molar-refractivity contribution in [1.29, 1.82) is 0 Å². The maximum Gasteiger partial charge on any atom is 0.263 e. The summed E-state index contributed by atoms with van der Waals surface area (Å²) in [6.45, 7) is 0.820. The van der Waals surface area contributed by atoms with Gasteiger partial charge in [0.15, 0.2) is 0 Å². The highest BCUT2D eigenvalue weighted by Gasteiger charge is 2.64. The topological polar surface area (TPSA) is 92.6 Å². The van der Waals surface area contributed by atoms with Gasteiger partial charge in [0.05, 0.1) is 7.05 Å². The van der Waals surface area contributed by atoms with E-state index in [4.69, 9.17) is 19.6 Å². The maximum absolute atomic E-state index is 6.11. The Morgan fingerprint density at radius 3 is 2.18 bits per heavy atom. The minimum absolute atomic E-state index is 0.418. The van der Waals surface area contributed by atoms with E-state index in [-0.39, 0.29) is 0 Å². The maximum atomic E-state index is 6.11. The lowest BCUT2D eigenvalue weighted by molar-refractivity contribution is -0.680. The predicted octanol–water partition coefficient (Wildman–Crippen LogP) is 2.57. The van der Waals surface area contributed by atoms with Gasteiger partial charge in [-0.05, 0) is 67.9 Å². The van der Waals surface area contributed by atoms with Gasteiger partial charge in [-0.15, -0.1) is 5.10 Å². The van der Waals surface area contributed by atoms with Crippen LogP contribution in [0.2, 0.25) is 0 Å². The van der Waals surface area contributed by atoms with Crippen molar-refractivity contribution in [2.75, 3.05) is 11.9 Å². The third kappa shape index (κ3) is 2.78. The normalized spacial score (nSPS) is 47.1. The number of tetrazole rings is 1. The minimum atomic E-state index is -0.749. The number of anilines is 1. The number of aromatic nitrogens is 4. The molecule has 0 amide bonds. The Labute approximate surface area is 164 Å². The van der Waals surface area contributed by atoms with Gasteiger partial charge < -0.3 is 5.32 Å². The van der Waals surface area contributed by atoms with Gasteiger partial charge in [0.25, 0.3) is 5.95 Å². The van der Waals surface area contributed by atoms with Crippen LogP contribution in [0.1, 0.15) is 57.8 Å². The Hall–Kier alpha value is -1.29. The molecule has 1 aromatic heterocycles. The average molecular weight is 391 g/mol. The molecule has 5 aliphatic carbocycles. The van der Waals surface area contributed by atoms with E-state index in [1.165, 1.54) is 36.9 Å². The molecule has 154 valence electrons. The Kier molecular flexibility index (Phi) is 3.98. The molecule has 0 aromatic carbocycles. The molecule has 1 aromatic rings. The summed E-state index contributed by atoms with van der Waals surface area (Å²) in [7, 11) is 1.76. The summed E-state index contributed by atoms with van der Waals surface area (Å²) in [5, 5.41) is 15.2. The first-order chi connectivity index (χ1) is 13.6. The quantitative estimate of drug-likeness (QED) is 0.786. The van der Waals surface area contributed by atoms with Gasteiger partial charge in [-0.25, -0.2) is 0 Å². The molecular weight excluding hydrogens is 362 g/mol. The van der Waals surface area contributed by atoms with E-state index in [9.17, 15) is 0 Å². The van der Waals surface area contributed by atoms with Crippen LogP contribution >= 0.6 is 0 Å². The standard InChI is InChI=1S/C19H29N5O4/c1-24-22-17(21-23-24)20-11-12-2-4-18(5-3-12)25-27-19(28-26-18)15-7-13-6-14(9-15)10-16(19)8-13/h12-16H,2-11H2,1H3,(H,20,22). The van der Waals surface area contributed by atoms with Crippen molar-refractivity contribution in [2.45, 2.75) is 69.4 Å². The van der Waals surface area contributed by atoms with Gasteiger partial charge >= 0.3 is 0 Å². The van der Waals surface area contributed by atoms with Crippen LogP contribution in [0.3, 0.4) is 0 Å². The first-order valence-electron chi connectivity index (χ1n) is 10.8. The smallest absolute Gasteiger partial charge is 0.263 e. The SMILES string of the molecule is Cn1nnc(NCC2CCC3(CC2)OOC2(OO3)C3CC4CC(C3)CC2C4)n1. The van der Waals surface area contributed by atoms with Crippen molar-refractivity contribution in [3.8, 4) is 0 Å². The lowest BCUT2D eigenvalue weighted by Gasteiger charge is -2.60. The number of rotatable bonds is 3. The van der Waals surface area contributed by atoms with Crippen molar-refractivity contribution >= 4 is 5.95 Å². The number of aryl methyl sites for hydroxylation is 1. The van der Waals surface area contributed by atoms with E-state index in [1.807, 2.05) is 0 Å². The lowest BCUT2D eigenvalue weighted by atomic mass is 9.53. The monoisotopic (exact) mass is 391 g/mol. The van der Waals surface area contributed by atoms with Crippen LogP contribution in [0.25, 0.3) is 0 Å². The molecular formula is C19H29N5O4. The summed E-state index contributed by atoms with van der Waals surface area (Å²) in [6, 6.07) is 0. The number of hydrogen-bond acceptors (Lipinski definition) is 8. The first kappa shape index (κ1) is 17.6. The molecule has 9 nitrogen and oxygen atoms in total. The molecule has 1 N–H and O–H groups in total. The molecule has 2 spiro atoms. The van der Waals surface area contributed by atoms with E-state index in [1.54, 1.807) is 7.05 Å². The van der Waals surface area contributed by atoms with Crippen LogP contribution in [-0.4, -0.2) is 38.3 Å². The zero-order valence-electron chi connectivity index (χ0n) is 16.4. The van der Waals surface area contributed by atoms with E-state index in [0.29, 0.717) is 23.7 Å². The van der Waals surface area contributed by atoms with Crippen molar-refractivity contribution < 1.29 is 19.6 Å². The van der Waals surface area contributed by atoms with E-state index < -0.39 is 11.6 Å². The summed E-state index contributed by atoms with van der Waals surface area (Å²) in [4.78, 5) is 25.7. The van der Waals surface area contributed by atoms with Gasteiger partial charge in [0.1, 0.15) is 0 Å². The Morgan fingerprint density at radius 2 is 1.61 bits per heavy atom. The van der Waals surface area contributed by atoms with Gasteiger partial charge in [-0.1, -0.05) is 5.10 Å². The molecule has 9 heteroatoms. The Balaban J connectivity index is 1.04. The second-order valence-electron chi connectivity index (χ2n) is 9.70. The summed E-state index contributed by atoms with van der Waals surface area (Å²) < 4.78 is 0. The molecule has 5 saturated carbocycles. The highest BCUT2D eigenvalue weighted by molar-refractivity contribution is 5.18. The van der Waals surface area contributed by atoms with E-state index in [2.05, 4.69) is 20.7 Å². The fourth-order valence-electron chi connectivity index (χ4n) is 6.50. The largest absolute Gasteiger partial charge is 0.351 e. The third-order valence-corrected chi connectivity index (χ3v) is 7.85. The molecule has 7 rings (SSSR count). The molecule has 0 unspecified atom stereocenters. The fraction of sp³-hybridized carbons (Fsp3) is 0.947. The van der Waals surface area contributed by atoms with Gasteiger partial charge in [-0.3, -0.25) is 0 Å². The summed E-state index contributed by atoms with van der Waals surface area (Å²) in [5.74, 6) is 2.21. The highest BCUT2D eigenvalue weighted by Crippen LogP contribution is 2.61. The molecule has 1 aliphatic heterocycles. The van der Waals surface area contributed by atoms with Gasteiger partial charge in [0.2, 0.25) is 11.6 Å². The number of nitrogens with zero attached hydrogens (tertiary/aromatic N) is 4. The van der Waals surface area contributed by atoms with Crippen LogP contribution < -0.4 is 5.32 Å². The fourth-order valence-corrected chi connectivity index (χ4v) is 6.50. The second-order valence-corrected chi connectivity index (χ2v) is 9.70. The zero-order chi connectivity index (χ0) is 18.8. The molecule has 0 atom stereocenters. The number of hydrogen-bond donors (Lipinski definition) is 1. The molecule has 4 bridgehead atoms.